The van der Waals surface area contributed by atoms with Crippen molar-refractivity contribution in [2.24, 2.45) is 0 Å². The van der Waals surface area contributed by atoms with E-state index in [-0.39, 0.29) is 0 Å². The van der Waals surface area contributed by atoms with Crippen molar-refractivity contribution < 1.29 is 0 Å². The first kappa shape index (κ1) is 11.3. The molecule has 5 heteroatoms. The molecule has 4 nitrogen and oxygen atoms in total. The van der Waals surface area contributed by atoms with Crippen LogP contribution in [0.3, 0.4) is 0 Å². The van der Waals surface area contributed by atoms with Crippen LogP contribution in [0.5, 0.6) is 0 Å². The Labute approximate surface area is 109 Å². The van der Waals surface area contributed by atoms with Crippen molar-refractivity contribution in [1.82, 2.24) is 15.0 Å². The fourth-order valence-corrected chi connectivity index (χ4v) is 2.83. The molecule has 0 fully saturated rings. The van der Waals surface area contributed by atoms with Gasteiger partial charge in [0.05, 0.1) is 9.71 Å². The van der Waals surface area contributed by atoms with Gasteiger partial charge in [0.1, 0.15) is 11.0 Å². The van der Waals surface area contributed by atoms with Crippen LogP contribution in [0, 0.1) is 0 Å². The number of aryl methyl sites for hydroxylation is 1. The van der Waals surface area contributed by atoms with Gasteiger partial charge in [-0.05, 0) is 25.5 Å². The van der Waals surface area contributed by atoms with Crippen LogP contribution >= 0.6 is 11.3 Å². The lowest BCUT2D eigenvalue weighted by atomic mass is 10.2. The number of hydrogen-bond donors (Lipinski definition) is 1. The molecule has 0 spiro atoms. The highest BCUT2D eigenvalue weighted by atomic mass is 32.1. The lowest BCUT2D eigenvalue weighted by Gasteiger charge is -2.02. The lowest BCUT2D eigenvalue weighted by Crippen LogP contribution is -2.01. The topological polar surface area (TPSA) is 50.7 Å². The first-order chi connectivity index (χ1) is 8.81. The van der Waals surface area contributed by atoms with E-state index in [2.05, 4.69) is 39.3 Å². The number of hydrogen-bond acceptors (Lipinski definition) is 5. The number of aromatic nitrogens is 3. The summed E-state index contributed by atoms with van der Waals surface area (Å²) in [6, 6.07) is 4.16. The van der Waals surface area contributed by atoms with Gasteiger partial charge in [0, 0.05) is 18.1 Å². The fourth-order valence-electron chi connectivity index (χ4n) is 1.92. The molecule has 0 aliphatic rings. The van der Waals surface area contributed by atoms with Gasteiger partial charge in [0.25, 0.3) is 0 Å². The number of rotatable bonds is 3. The molecule has 18 heavy (non-hydrogen) atoms. The predicted octanol–water partition coefficient (Wildman–Crippen LogP) is 3.23. The number of benzene rings is 1. The van der Waals surface area contributed by atoms with Crippen LogP contribution in [-0.2, 0) is 6.42 Å². The van der Waals surface area contributed by atoms with E-state index >= 15 is 0 Å². The quantitative estimate of drug-likeness (QED) is 0.783. The Balaban J connectivity index is 2.28. The standard InChI is InChI=1S/C13H14N4S/c1-3-10-16-12-9(18-10)6-5-8-7-15-13(14-4-2)17-11(8)12/h5-7H,3-4H2,1-2H3,(H,14,15,17). The molecule has 1 aromatic carbocycles. The average Bonchev–Trinajstić information content (AvgIpc) is 2.82. The minimum atomic E-state index is 0.670. The molecular formula is C13H14N4S. The fraction of sp³-hybridized carbons (Fsp3) is 0.308. The second-order valence-corrected chi connectivity index (χ2v) is 5.15. The largest absolute Gasteiger partial charge is 0.354 e. The number of fused-ring (bicyclic) bond motifs is 3. The molecule has 0 aliphatic heterocycles. The summed E-state index contributed by atoms with van der Waals surface area (Å²) in [5.41, 5.74) is 1.94. The van der Waals surface area contributed by atoms with Crippen LogP contribution in [0.15, 0.2) is 18.3 Å². The highest BCUT2D eigenvalue weighted by Crippen LogP contribution is 2.28. The summed E-state index contributed by atoms with van der Waals surface area (Å²) in [5.74, 6) is 0.670. The monoisotopic (exact) mass is 258 g/mol. The highest BCUT2D eigenvalue weighted by molar-refractivity contribution is 7.18. The molecule has 2 aromatic heterocycles. The summed E-state index contributed by atoms with van der Waals surface area (Å²) in [7, 11) is 0. The molecule has 0 aliphatic carbocycles. The van der Waals surface area contributed by atoms with Crippen LogP contribution in [0.4, 0.5) is 5.95 Å². The number of thiazole rings is 1. The van der Waals surface area contributed by atoms with Crippen LogP contribution in [0.2, 0.25) is 0 Å². The first-order valence-electron chi connectivity index (χ1n) is 6.11. The zero-order chi connectivity index (χ0) is 12.5. The summed E-state index contributed by atoms with van der Waals surface area (Å²) >= 11 is 1.74. The van der Waals surface area contributed by atoms with Crippen molar-refractivity contribution in [3.05, 3.63) is 23.3 Å². The second-order valence-electron chi connectivity index (χ2n) is 4.04. The van der Waals surface area contributed by atoms with E-state index < -0.39 is 0 Å². The SMILES string of the molecule is CCNc1ncc2ccc3sc(CC)nc3c2n1. The molecule has 0 saturated carbocycles. The van der Waals surface area contributed by atoms with E-state index in [0.29, 0.717) is 5.95 Å². The van der Waals surface area contributed by atoms with Crippen LogP contribution in [0.25, 0.3) is 21.1 Å². The third-order valence-electron chi connectivity index (χ3n) is 2.79. The van der Waals surface area contributed by atoms with Crippen LogP contribution in [0.1, 0.15) is 18.9 Å². The summed E-state index contributed by atoms with van der Waals surface area (Å²) in [6.45, 7) is 4.98. The van der Waals surface area contributed by atoms with Gasteiger partial charge in [-0.1, -0.05) is 6.92 Å². The maximum absolute atomic E-state index is 4.66. The second kappa shape index (κ2) is 4.49. The third-order valence-corrected chi connectivity index (χ3v) is 3.96. The molecule has 0 saturated heterocycles. The minimum Gasteiger partial charge on any atom is -0.354 e. The highest BCUT2D eigenvalue weighted by Gasteiger charge is 2.08. The van der Waals surface area contributed by atoms with Gasteiger partial charge in [-0.2, -0.15) is 0 Å². The van der Waals surface area contributed by atoms with Gasteiger partial charge in [-0.3, -0.25) is 0 Å². The Morgan fingerprint density at radius 2 is 2.06 bits per heavy atom. The van der Waals surface area contributed by atoms with Crippen molar-refractivity contribution in [1.29, 1.82) is 0 Å². The van der Waals surface area contributed by atoms with Crippen molar-refractivity contribution in [3.8, 4) is 0 Å². The molecule has 0 atom stereocenters. The third kappa shape index (κ3) is 1.80. The lowest BCUT2D eigenvalue weighted by molar-refractivity contribution is 1.10. The van der Waals surface area contributed by atoms with Crippen molar-refractivity contribution in [2.75, 3.05) is 11.9 Å². The van der Waals surface area contributed by atoms with Crippen LogP contribution in [-0.4, -0.2) is 21.5 Å². The van der Waals surface area contributed by atoms with E-state index in [1.54, 1.807) is 11.3 Å². The predicted molar refractivity (Wildman–Crippen MR) is 76.3 cm³/mol. The molecule has 92 valence electrons. The van der Waals surface area contributed by atoms with Crippen molar-refractivity contribution in [2.45, 2.75) is 20.3 Å². The van der Waals surface area contributed by atoms with E-state index in [1.807, 2.05) is 13.1 Å². The van der Waals surface area contributed by atoms with E-state index in [9.17, 15) is 0 Å². The van der Waals surface area contributed by atoms with E-state index in [4.69, 9.17) is 0 Å². The molecule has 3 rings (SSSR count). The summed E-state index contributed by atoms with van der Waals surface area (Å²) in [4.78, 5) is 13.5. The average molecular weight is 258 g/mol. The summed E-state index contributed by atoms with van der Waals surface area (Å²) < 4.78 is 1.19. The molecule has 2 heterocycles. The van der Waals surface area contributed by atoms with Gasteiger partial charge < -0.3 is 5.32 Å². The van der Waals surface area contributed by atoms with Crippen molar-refractivity contribution in [3.63, 3.8) is 0 Å². The summed E-state index contributed by atoms with van der Waals surface area (Å²) in [5, 5.41) is 5.33. The Kier molecular flexibility index (Phi) is 2.83. The van der Waals surface area contributed by atoms with Gasteiger partial charge in [0.2, 0.25) is 5.95 Å². The number of nitrogens with zero attached hydrogens (tertiary/aromatic N) is 3. The zero-order valence-electron chi connectivity index (χ0n) is 10.4. The van der Waals surface area contributed by atoms with Gasteiger partial charge in [-0.25, -0.2) is 15.0 Å². The van der Waals surface area contributed by atoms with Gasteiger partial charge >= 0.3 is 0 Å². The van der Waals surface area contributed by atoms with Gasteiger partial charge in [-0.15, -0.1) is 11.3 Å². The molecule has 0 bridgehead atoms. The molecule has 3 aromatic rings. The maximum Gasteiger partial charge on any atom is 0.223 e. The molecule has 0 radical (unpaired) electrons. The number of nitrogens with one attached hydrogen (secondary N) is 1. The Morgan fingerprint density at radius 3 is 2.83 bits per heavy atom. The minimum absolute atomic E-state index is 0.670. The Morgan fingerprint density at radius 1 is 1.17 bits per heavy atom. The number of anilines is 1. The normalized spacial score (nSPS) is 11.2. The molecule has 1 N–H and O–H groups in total. The van der Waals surface area contributed by atoms with Crippen molar-refractivity contribution >= 4 is 38.4 Å². The van der Waals surface area contributed by atoms with Gasteiger partial charge in [0.15, 0.2) is 0 Å². The van der Waals surface area contributed by atoms with E-state index in [1.165, 1.54) is 4.70 Å². The summed E-state index contributed by atoms with van der Waals surface area (Å²) in [6.07, 6.45) is 2.82. The van der Waals surface area contributed by atoms with Crippen LogP contribution < -0.4 is 5.32 Å². The maximum atomic E-state index is 4.66. The molecular weight excluding hydrogens is 244 g/mol. The zero-order valence-corrected chi connectivity index (χ0v) is 11.2. The Hall–Kier alpha value is -1.75. The molecule has 0 unspecified atom stereocenters. The van der Waals surface area contributed by atoms with E-state index in [0.717, 1.165) is 34.4 Å². The first-order valence-corrected chi connectivity index (χ1v) is 6.92. The smallest absolute Gasteiger partial charge is 0.223 e. The Bertz CT molecular complexity index is 705. The molecule has 0 amide bonds.